The van der Waals surface area contributed by atoms with Crippen LogP contribution in [-0.2, 0) is 6.54 Å². The van der Waals surface area contributed by atoms with Crippen LogP contribution in [0.5, 0.6) is 0 Å². The molecule has 146 valence electrons. The molecular weight excluding hydrogens is 378 g/mol. The number of H-pyrrole nitrogens is 1. The minimum atomic E-state index is 0.774. The Morgan fingerprint density at radius 1 is 1.00 bits per heavy atom. The van der Waals surface area contributed by atoms with Crippen molar-refractivity contribution in [2.75, 3.05) is 11.9 Å². The van der Waals surface area contributed by atoms with Gasteiger partial charge in [-0.15, -0.1) is 10.2 Å². The third kappa shape index (κ3) is 2.63. The summed E-state index contributed by atoms with van der Waals surface area (Å²) in [7, 11) is 0. The van der Waals surface area contributed by atoms with Gasteiger partial charge in [0.25, 0.3) is 0 Å². The van der Waals surface area contributed by atoms with Crippen LogP contribution in [0.2, 0.25) is 0 Å². The van der Waals surface area contributed by atoms with Gasteiger partial charge in [-0.25, -0.2) is 4.98 Å². The molecule has 6 rings (SSSR count). The standard InChI is InChI=1S/C21H17N9/c1-12-3-2-4-17(25-12)19-14(11-24-27-19)15-5-6-16-18(26-15)9-13(10-23-16)20-28-29-21-22-7-8-30(20)21/h2-6,9-11H,7-8H2,1H3,(H,22,29)(H,24,27). The van der Waals surface area contributed by atoms with Gasteiger partial charge in [-0.1, -0.05) is 6.07 Å². The lowest BCUT2D eigenvalue weighted by Gasteiger charge is -2.06. The van der Waals surface area contributed by atoms with E-state index in [4.69, 9.17) is 4.98 Å². The fourth-order valence-corrected chi connectivity index (χ4v) is 3.77. The molecule has 30 heavy (non-hydrogen) atoms. The predicted molar refractivity (Wildman–Crippen MR) is 113 cm³/mol. The number of pyridine rings is 3. The van der Waals surface area contributed by atoms with Gasteiger partial charge in [0.2, 0.25) is 5.95 Å². The average molecular weight is 395 g/mol. The van der Waals surface area contributed by atoms with Gasteiger partial charge in [0, 0.05) is 42.3 Å². The normalized spacial score (nSPS) is 12.8. The van der Waals surface area contributed by atoms with Crippen LogP contribution >= 0.6 is 0 Å². The Hall–Kier alpha value is -4.14. The first kappa shape index (κ1) is 16.8. The number of nitrogens with one attached hydrogen (secondary N) is 2. The molecule has 0 saturated heterocycles. The third-order valence-electron chi connectivity index (χ3n) is 5.21. The van der Waals surface area contributed by atoms with Crippen molar-refractivity contribution < 1.29 is 0 Å². The molecule has 0 unspecified atom stereocenters. The van der Waals surface area contributed by atoms with Gasteiger partial charge in [-0.2, -0.15) is 5.10 Å². The summed E-state index contributed by atoms with van der Waals surface area (Å²) in [6, 6.07) is 11.8. The molecule has 0 amide bonds. The number of hydrogen-bond acceptors (Lipinski definition) is 7. The Kier molecular flexibility index (Phi) is 3.61. The van der Waals surface area contributed by atoms with Gasteiger partial charge in [0.05, 0.1) is 22.4 Å². The summed E-state index contributed by atoms with van der Waals surface area (Å²) in [6.07, 6.45) is 3.67. The maximum absolute atomic E-state index is 4.87. The van der Waals surface area contributed by atoms with Crippen LogP contribution in [0.25, 0.3) is 45.1 Å². The Morgan fingerprint density at radius 3 is 2.90 bits per heavy atom. The largest absolute Gasteiger partial charge is 0.353 e. The van der Waals surface area contributed by atoms with Crippen molar-refractivity contribution in [1.29, 1.82) is 0 Å². The Bertz CT molecular complexity index is 1400. The fraction of sp³-hybridized carbons (Fsp3) is 0.143. The zero-order chi connectivity index (χ0) is 20.1. The maximum Gasteiger partial charge on any atom is 0.225 e. The van der Waals surface area contributed by atoms with Crippen molar-refractivity contribution in [2.24, 2.45) is 0 Å². The molecule has 9 heteroatoms. The number of aromatic amines is 1. The average Bonchev–Trinajstić information content (AvgIpc) is 3.50. The lowest BCUT2D eigenvalue weighted by Crippen LogP contribution is -1.99. The topological polar surface area (TPSA) is 110 Å². The van der Waals surface area contributed by atoms with E-state index in [2.05, 4.69) is 40.2 Å². The van der Waals surface area contributed by atoms with Gasteiger partial charge >= 0.3 is 0 Å². The molecule has 0 aromatic carbocycles. The number of nitrogens with zero attached hydrogens (tertiary/aromatic N) is 7. The van der Waals surface area contributed by atoms with Crippen LogP contribution in [-0.4, -0.2) is 46.5 Å². The number of hydrogen-bond donors (Lipinski definition) is 2. The number of fused-ring (bicyclic) bond motifs is 2. The van der Waals surface area contributed by atoms with E-state index >= 15 is 0 Å². The van der Waals surface area contributed by atoms with Crippen LogP contribution < -0.4 is 5.32 Å². The zero-order valence-electron chi connectivity index (χ0n) is 16.2. The Morgan fingerprint density at radius 2 is 1.97 bits per heavy atom. The van der Waals surface area contributed by atoms with Gasteiger partial charge in [0.15, 0.2) is 5.82 Å². The maximum atomic E-state index is 4.87. The van der Waals surface area contributed by atoms with Crippen LogP contribution in [0.3, 0.4) is 0 Å². The van der Waals surface area contributed by atoms with E-state index in [9.17, 15) is 0 Å². The molecule has 6 heterocycles. The number of anilines is 1. The summed E-state index contributed by atoms with van der Waals surface area (Å²) < 4.78 is 2.06. The molecule has 0 bridgehead atoms. The Balaban J connectivity index is 1.46. The highest BCUT2D eigenvalue weighted by Crippen LogP contribution is 2.30. The lowest BCUT2D eigenvalue weighted by atomic mass is 10.1. The van der Waals surface area contributed by atoms with Crippen LogP contribution in [0.1, 0.15) is 5.69 Å². The van der Waals surface area contributed by atoms with Gasteiger partial charge < -0.3 is 5.32 Å². The van der Waals surface area contributed by atoms with Crippen LogP contribution in [0, 0.1) is 6.92 Å². The van der Waals surface area contributed by atoms with Crippen molar-refractivity contribution in [3.8, 4) is 34.0 Å². The fourth-order valence-electron chi connectivity index (χ4n) is 3.77. The van der Waals surface area contributed by atoms with Crippen molar-refractivity contribution in [2.45, 2.75) is 13.5 Å². The molecule has 9 nitrogen and oxygen atoms in total. The van der Waals surface area contributed by atoms with Crippen molar-refractivity contribution in [1.82, 2.24) is 39.9 Å². The van der Waals surface area contributed by atoms with Crippen molar-refractivity contribution in [3.63, 3.8) is 0 Å². The zero-order valence-corrected chi connectivity index (χ0v) is 16.2. The van der Waals surface area contributed by atoms with Gasteiger partial charge in [-0.05, 0) is 37.3 Å². The second-order valence-corrected chi connectivity index (χ2v) is 7.20. The molecule has 2 N–H and O–H groups in total. The predicted octanol–water partition coefficient (Wildman–Crippen LogP) is 3.07. The van der Waals surface area contributed by atoms with E-state index in [0.29, 0.717) is 0 Å². The molecule has 0 spiro atoms. The molecular formula is C21H17N9. The molecule has 0 aliphatic carbocycles. The highest BCUT2D eigenvalue weighted by Gasteiger charge is 2.19. The second-order valence-electron chi connectivity index (χ2n) is 7.20. The third-order valence-corrected chi connectivity index (χ3v) is 5.21. The summed E-state index contributed by atoms with van der Waals surface area (Å²) in [5.41, 5.74) is 6.73. The lowest BCUT2D eigenvalue weighted by molar-refractivity contribution is 0.808. The summed E-state index contributed by atoms with van der Waals surface area (Å²) in [6.45, 7) is 3.66. The quantitative estimate of drug-likeness (QED) is 0.483. The second kappa shape index (κ2) is 6.45. The molecule has 5 aromatic rings. The first-order chi connectivity index (χ1) is 14.8. The minimum absolute atomic E-state index is 0.774. The molecule has 0 radical (unpaired) electrons. The molecule has 1 aliphatic rings. The van der Waals surface area contributed by atoms with Crippen molar-refractivity contribution in [3.05, 3.63) is 54.5 Å². The minimum Gasteiger partial charge on any atom is -0.353 e. The number of aryl methyl sites for hydroxylation is 1. The molecule has 5 aromatic heterocycles. The monoisotopic (exact) mass is 395 g/mol. The van der Waals surface area contributed by atoms with Crippen molar-refractivity contribution >= 4 is 17.0 Å². The van der Waals surface area contributed by atoms with E-state index in [-0.39, 0.29) is 0 Å². The molecule has 0 saturated carbocycles. The van der Waals surface area contributed by atoms with Gasteiger partial charge in [-0.3, -0.25) is 19.6 Å². The number of rotatable bonds is 3. The summed E-state index contributed by atoms with van der Waals surface area (Å²) >= 11 is 0. The Labute approximate surface area is 171 Å². The molecule has 0 atom stereocenters. The highest BCUT2D eigenvalue weighted by atomic mass is 15.4. The molecule has 1 aliphatic heterocycles. The first-order valence-electron chi connectivity index (χ1n) is 9.69. The highest BCUT2D eigenvalue weighted by molar-refractivity contribution is 5.84. The summed E-state index contributed by atoms with van der Waals surface area (Å²) in [5.74, 6) is 1.59. The first-order valence-corrected chi connectivity index (χ1v) is 9.69. The van der Waals surface area contributed by atoms with E-state index in [0.717, 1.165) is 69.8 Å². The van der Waals surface area contributed by atoms with Gasteiger partial charge in [0.1, 0.15) is 5.69 Å². The number of aromatic nitrogens is 8. The van der Waals surface area contributed by atoms with Crippen LogP contribution in [0.4, 0.5) is 5.95 Å². The van der Waals surface area contributed by atoms with E-state index in [1.807, 2.05) is 55.7 Å². The summed E-state index contributed by atoms with van der Waals surface area (Å²) in [4.78, 5) is 14.0. The smallest absolute Gasteiger partial charge is 0.225 e. The van der Waals surface area contributed by atoms with E-state index < -0.39 is 0 Å². The molecule has 0 fully saturated rings. The summed E-state index contributed by atoms with van der Waals surface area (Å²) in [5, 5.41) is 19.1. The SMILES string of the molecule is Cc1cccc(-c2n[nH]cc2-c2ccc3ncc(-c4nnc5n4CCN5)cc3n2)n1. The van der Waals surface area contributed by atoms with E-state index in [1.54, 1.807) is 0 Å². The van der Waals surface area contributed by atoms with E-state index in [1.165, 1.54) is 0 Å². The van der Waals surface area contributed by atoms with Crippen LogP contribution in [0.15, 0.2) is 48.8 Å².